The van der Waals surface area contributed by atoms with Crippen LogP contribution in [0.2, 0.25) is 0 Å². The maximum absolute atomic E-state index is 5.33. The molecule has 4 rings (SSSR count). The van der Waals surface area contributed by atoms with Crippen LogP contribution in [0.3, 0.4) is 0 Å². The van der Waals surface area contributed by atoms with Gasteiger partial charge in [-0.15, -0.1) is 0 Å². The number of hydrogen-bond donors (Lipinski definition) is 1. The highest BCUT2D eigenvalue weighted by atomic mass is 16.3. The van der Waals surface area contributed by atoms with E-state index in [4.69, 9.17) is 4.42 Å². The van der Waals surface area contributed by atoms with E-state index in [1.54, 1.807) is 12.6 Å². The van der Waals surface area contributed by atoms with Crippen molar-refractivity contribution >= 4 is 11.5 Å². The van der Waals surface area contributed by atoms with Gasteiger partial charge in [-0.2, -0.15) is 0 Å². The normalized spacial score (nSPS) is 10.9. The van der Waals surface area contributed by atoms with Crippen LogP contribution < -0.4 is 5.32 Å². The minimum atomic E-state index is 0.581. The van der Waals surface area contributed by atoms with Gasteiger partial charge >= 0.3 is 0 Å². The summed E-state index contributed by atoms with van der Waals surface area (Å²) in [5.41, 5.74) is 3.20. The third kappa shape index (κ3) is 2.22. The first-order chi connectivity index (χ1) is 10.9. The van der Waals surface area contributed by atoms with E-state index in [9.17, 15) is 0 Å². The van der Waals surface area contributed by atoms with Crippen molar-refractivity contribution in [2.45, 2.75) is 6.54 Å². The van der Waals surface area contributed by atoms with E-state index in [0.717, 1.165) is 28.4 Å². The maximum atomic E-state index is 5.33. The Balaban J connectivity index is 1.72. The summed E-state index contributed by atoms with van der Waals surface area (Å²) >= 11 is 0. The van der Waals surface area contributed by atoms with Crippen molar-refractivity contribution in [1.29, 1.82) is 0 Å². The van der Waals surface area contributed by atoms with Crippen LogP contribution >= 0.6 is 0 Å². The molecule has 5 heteroatoms. The molecule has 3 aromatic heterocycles. The molecule has 4 aromatic rings. The van der Waals surface area contributed by atoms with Gasteiger partial charge in [-0.25, -0.2) is 9.97 Å². The molecule has 1 aromatic carbocycles. The number of nitrogens with one attached hydrogen (secondary N) is 1. The predicted molar refractivity (Wildman–Crippen MR) is 84.5 cm³/mol. The highest BCUT2D eigenvalue weighted by Gasteiger charge is 2.09. The van der Waals surface area contributed by atoms with E-state index in [-0.39, 0.29) is 0 Å². The molecule has 0 spiro atoms. The topological polar surface area (TPSA) is 55.4 Å². The lowest BCUT2D eigenvalue weighted by Crippen LogP contribution is -2.06. The van der Waals surface area contributed by atoms with Gasteiger partial charge in [0.1, 0.15) is 12.1 Å². The molecule has 0 aliphatic carbocycles. The lowest BCUT2D eigenvalue weighted by atomic mass is 10.1. The summed E-state index contributed by atoms with van der Waals surface area (Å²) in [5, 5.41) is 3.27. The SMILES string of the molecule is c1ccc(-c2cnc(NCc3ccco3)n3cncc23)cc1. The molecule has 0 unspecified atom stereocenters. The van der Waals surface area contributed by atoms with Gasteiger partial charge in [-0.3, -0.25) is 4.40 Å². The van der Waals surface area contributed by atoms with Gasteiger partial charge in [0.15, 0.2) is 0 Å². The maximum Gasteiger partial charge on any atom is 0.209 e. The van der Waals surface area contributed by atoms with Crippen LogP contribution in [0.5, 0.6) is 0 Å². The Morgan fingerprint density at radius 2 is 1.95 bits per heavy atom. The number of furan rings is 1. The predicted octanol–water partition coefficient (Wildman–Crippen LogP) is 3.60. The molecule has 3 heterocycles. The fourth-order valence-corrected chi connectivity index (χ4v) is 2.47. The molecule has 5 nitrogen and oxygen atoms in total. The van der Waals surface area contributed by atoms with Crippen molar-refractivity contribution in [2.75, 3.05) is 5.32 Å². The molecule has 0 bridgehead atoms. The van der Waals surface area contributed by atoms with Gasteiger partial charge in [-0.1, -0.05) is 30.3 Å². The lowest BCUT2D eigenvalue weighted by Gasteiger charge is -2.10. The van der Waals surface area contributed by atoms with Crippen LogP contribution in [0, 0.1) is 0 Å². The second-order valence-electron chi connectivity index (χ2n) is 4.94. The zero-order chi connectivity index (χ0) is 14.8. The van der Waals surface area contributed by atoms with Crippen LogP contribution in [0.15, 0.2) is 71.9 Å². The Labute approximate surface area is 127 Å². The highest BCUT2D eigenvalue weighted by molar-refractivity contribution is 5.80. The number of nitrogens with zero attached hydrogens (tertiary/aromatic N) is 3. The second kappa shape index (κ2) is 5.37. The summed E-state index contributed by atoms with van der Waals surface area (Å²) < 4.78 is 7.28. The molecule has 0 radical (unpaired) electrons. The molecule has 0 aliphatic rings. The van der Waals surface area contributed by atoms with E-state index < -0.39 is 0 Å². The number of hydrogen-bond acceptors (Lipinski definition) is 4. The Kier molecular flexibility index (Phi) is 3.08. The molecular formula is C17H14N4O. The van der Waals surface area contributed by atoms with Crippen LogP contribution in [0.1, 0.15) is 5.76 Å². The number of rotatable bonds is 4. The van der Waals surface area contributed by atoms with Crippen molar-refractivity contribution in [1.82, 2.24) is 14.4 Å². The lowest BCUT2D eigenvalue weighted by molar-refractivity contribution is 0.517. The van der Waals surface area contributed by atoms with E-state index >= 15 is 0 Å². The average molecular weight is 290 g/mol. The van der Waals surface area contributed by atoms with Crippen LogP contribution in [0.4, 0.5) is 5.95 Å². The summed E-state index contributed by atoms with van der Waals surface area (Å²) in [5.74, 6) is 1.60. The molecular weight excluding hydrogens is 276 g/mol. The van der Waals surface area contributed by atoms with E-state index in [1.165, 1.54) is 0 Å². The average Bonchev–Trinajstić information content (AvgIpc) is 3.25. The number of anilines is 1. The quantitative estimate of drug-likeness (QED) is 0.624. The summed E-state index contributed by atoms with van der Waals surface area (Å²) in [6, 6.07) is 14.0. The van der Waals surface area contributed by atoms with E-state index in [2.05, 4.69) is 27.4 Å². The third-order valence-electron chi connectivity index (χ3n) is 3.54. The van der Waals surface area contributed by atoms with Crippen molar-refractivity contribution in [3.05, 3.63) is 73.2 Å². The van der Waals surface area contributed by atoms with Crippen LogP contribution in [-0.2, 0) is 6.54 Å². The first-order valence-electron chi connectivity index (χ1n) is 7.04. The minimum Gasteiger partial charge on any atom is -0.467 e. The molecule has 0 saturated carbocycles. The van der Waals surface area contributed by atoms with Gasteiger partial charge < -0.3 is 9.73 Å². The smallest absolute Gasteiger partial charge is 0.209 e. The zero-order valence-corrected chi connectivity index (χ0v) is 11.8. The van der Waals surface area contributed by atoms with Crippen molar-refractivity contribution in [3.8, 4) is 11.1 Å². The van der Waals surface area contributed by atoms with Crippen molar-refractivity contribution in [3.63, 3.8) is 0 Å². The van der Waals surface area contributed by atoms with Gasteiger partial charge in [0.25, 0.3) is 0 Å². The summed E-state index contributed by atoms with van der Waals surface area (Å²) in [6.07, 6.45) is 7.15. The Morgan fingerprint density at radius 1 is 1.05 bits per heavy atom. The number of fused-ring (bicyclic) bond motifs is 1. The van der Waals surface area contributed by atoms with Gasteiger partial charge in [0.05, 0.1) is 24.5 Å². The van der Waals surface area contributed by atoms with Crippen molar-refractivity contribution in [2.24, 2.45) is 0 Å². The fraction of sp³-hybridized carbons (Fsp3) is 0.0588. The van der Waals surface area contributed by atoms with E-state index in [1.807, 2.05) is 47.1 Å². The van der Waals surface area contributed by atoms with Gasteiger partial charge in [0, 0.05) is 11.8 Å². The van der Waals surface area contributed by atoms with Crippen LogP contribution in [0.25, 0.3) is 16.6 Å². The molecule has 0 fully saturated rings. The van der Waals surface area contributed by atoms with E-state index in [0.29, 0.717) is 6.54 Å². The monoisotopic (exact) mass is 290 g/mol. The Morgan fingerprint density at radius 3 is 2.77 bits per heavy atom. The fourth-order valence-electron chi connectivity index (χ4n) is 2.47. The number of aromatic nitrogens is 3. The molecule has 1 N–H and O–H groups in total. The Bertz CT molecular complexity index is 882. The summed E-state index contributed by atoms with van der Waals surface area (Å²) in [4.78, 5) is 8.78. The highest BCUT2D eigenvalue weighted by Crippen LogP contribution is 2.25. The first kappa shape index (κ1) is 12.6. The second-order valence-corrected chi connectivity index (χ2v) is 4.94. The zero-order valence-electron chi connectivity index (χ0n) is 11.8. The standard InChI is InChI=1S/C17H14N4O/c1-2-5-13(6-3-1)15-10-20-17(21-12-18-11-16(15)21)19-9-14-7-4-8-22-14/h1-8,10-12H,9H2,(H,19,20). The van der Waals surface area contributed by atoms with Gasteiger partial charge in [0.2, 0.25) is 5.95 Å². The molecule has 0 saturated heterocycles. The minimum absolute atomic E-state index is 0.581. The summed E-state index contributed by atoms with van der Waals surface area (Å²) in [6.45, 7) is 0.581. The van der Waals surface area contributed by atoms with Gasteiger partial charge in [-0.05, 0) is 17.7 Å². The van der Waals surface area contributed by atoms with Crippen molar-refractivity contribution < 1.29 is 4.42 Å². The Hall–Kier alpha value is -3.08. The molecule has 22 heavy (non-hydrogen) atoms. The first-order valence-corrected chi connectivity index (χ1v) is 7.04. The molecule has 0 amide bonds. The number of imidazole rings is 1. The third-order valence-corrected chi connectivity index (χ3v) is 3.54. The molecule has 0 atom stereocenters. The molecule has 108 valence electrons. The number of benzene rings is 1. The molecule has 0 aliphatic heterocycles. The largest absolute Gasteiger partial charge is 0.467 e. The van der Waals surface area contributed by atoms with Crippen LogP contribution in [-0.4, -0.2) is 14.4 Å². The summed E-state index contributed by atoms with van der Waals surface area (Å²) in [7, 11) is 0.